The summed E-state index contributed by atoms with van der Waals surface area (Å²) in [6, 6.07) is 5.01. The van der Waals surface area contributed by atoms with Crippen LogP contribution in [0.15, 0.2) is 24.5 Å². The molecule has 0 saturated heterocycles. The number of halogens is 2. The van der Waals surface area contributed by atoms with Crippen LogP contribution in [0.5, 0.6) is 0 Å². The van der Waals surface area contributed by atoms with Crippen molar-refractivity contribution in [2.45, 2.75) is 18.9 Å². The van der Waals surface area contributed by atoms with Crippen LogP contribution in [-0.2, 0) is 0 Å². The lowest BCUT2D eigenvalue weighted by Crippen LogP contribution is -2.42. The van der Waals surface area contributed by atoms with Crippen LogP contribution >= 0.6 is 24.0 Å². The van der Waals surface area contributed by atoms with Crippen molar-refractivity contribution in [3.8, 4) is 5.69 Å². The van der Waals surface area contributed by atoms with Crippen molar-refractivity contribution in [3.05, 3.63) is 35.1 Å². The second-order valence-corrected chi connectivity index (χ2v) is 5.51. The molecule has 1 heterocycles. The molecule has 3 rings (SSSR count). The fourth-order valence-electron chi connectivity index (χ4n) is 2.28. The van der Waals surface area contributed by atoms with E-state index in [1.165, 1.54) is 11.0 Å². The summed E-state index contributed by atoms with van der Waals surface area (Å²) in [7, 11) is 0. The van der Waals surface area contributed by atoms with Crippen LogP contribution in [0.1, 0.15) is 23.2 Å². The number of nitrogens with two attached hydrogens (primary N) is 1. The lowest BCUT2D eigenvalue weighted by molar-refractivity contribution is 0.0933. The van der Waals surface area contributed by atoms with E-state index < -0.39 is 0 Å². The van der Waals surface area contributed by atoms with E-state index in [0.717, 1.165) is 12.8 Å². The molecule has 1 atom stereocenters. The summed E-state index contributed by atoms with van der Waals surface area (Å²) in [5, 5.41) is 14.4. The van der Waals surface area contributed by atoms with Gasteiger partial charge in [0.05, 0.1) is 11.3 Å². The van der Waals surface area contributed by atoms with Crippen molar-refractivity contribution < 1.29 is 4.79 Å². The molecule has 7 nitrogen and oxygen atoms in total. The third-order valence-corrected chi connectivity index (χ3v) is 3.80. The first-order valence-corrected chi connectivity index (χ1v) is 7.10. The highest BCUT2D eigenvalue weighted by Gasteiger charge is 2.31. The van der Waals surface area contributed by atoms with E-state index in [4.69, 9.17) is 17.3 Å². The molecule has 9 heteroatoms. The Morgan fingerprint density at radius 2 is 2.27 bits per heavy atom. The maximum absolute atomic E-state index is 12.5. The maximum atomic E-state index is 12.5. The van der Waals surface area contributed by atoms with E-state index in [1.54, 1.807) is 18.2 Å². The number of benzene rings is 1. The quantitative estimate of drug-likeness (QED) is 0.850. The van der Waals surface area contributed by atoms with Gasteiger partial charge in [0.15, 0.2) is 0 Å². The normalized spacial score (nSPS) is 15.0. The van der Waals surface area contributed by atoms with Crippen LogP contribution in [0.3, 0.4) is 0 Å². The standard InChI is InChI=1S/C13H15ClN6O.ClH/c14-9-3-4-12(20-7-16-18-19-20)10(5-9)13(21)17-11(6-15)8-1-2-8;/h3-5,7-8,11H,1-2,6,15H2,(H,17,21);1H. The summed E-state index contributed by atoms with van der Waals surface area (Å²) in [5.74, 6) is 0.264. The molecule has 3 N–H and O–H groups in total. The lowest BCUT2D eigenvalue weighted by atomic mass is 10.1. The first kappa shape index (κ1) is 16.7. The molecule has 0 aliphatic heterocycles. The van der Waals surface area contributed by atoms with Crippen molar-refractivity contribution in [1.29, 1.82) is 0 Å². The molecule has 1 unspecified atom stereocenters. The fourth-order valence-corrected chi connectivity index (χ4v) is 2.45. The Morgan fingerprint density at radius 1 is 1.50 bits per heavy atom. The van der Waals surface area contributed by atoms with Gasteiger partial charge in [-0.15, -0.1) is 17.5 Å². The van der Waals surface area contributed by atoms with Gasteiger partial charge >= 0.3 is 0 Å². The highest BCUT2D eigenvalue weighted by molar-refractivity contribution is 6.31. The molecule has 1 aliphatic rings. The molecule has 1 aromatic heterocycles. The Bertz CT molecular complexity index is 644. The highest BCUT2D eigenvalue weighted by atomic mass is 35.5. The largest absolute Gasteiger partial charge is 0.348 e. The SMILES string of the molecule is Cl.NCC(NC(=O)c1cc(Cl)ccc1-n1cnnn1)C1CC1. The summed E-state index contributed by atoms with van der Waals surface area (Å²) in [4.78, 5) is 12.5. The van der Waals surface area contributed by atoms with Gasteiger partial charge in [0, 0.05) is 17.6 Å². The number of carbonyl (C=O) groups excluding carboxylic acids is 1. The molecular weight excluding hydrogens is 327 g/mol. The minimum Gasteiger partial charge on any atom is -0.348 e. The second kappa shape index (κ2) is 7.04. The van der Waals surface area contributed by atoms with Gasteiger partial charge in [-0.1, -0.05) is 11.6 Å². The number of rotatable bonds is 5. The Balaban J connectivity index is 0.00000176. The van der Waals surface area contributed by atoms with Crippen molar-refractivity contribution in [2.24, 2.45) is 11.7 Å². The van der Waals surface area contributed by atoms with E-state index in [2.05, 4.69) is 20.8 Å². The maximum Gasteiger partial charge on any atom is 0.253 e. The van der Waals surface area contributed by atoms with Crippen molar-refractivity contribution >= 4 is 29.9 Å². The number of nitrogens with zero attached hydrogens (tertiary/aromatic N) is 4. The summed E-state index contributed by atoms with van der Waals surface area (Å²) < 4.78 is 1.43. The van der Waals surface area contributed by atoms with E-state index in [9.17, 15) is 4.79 Å². The minimum absolute atomic E-state index is 0. The summed E-state index contributed by atoms with van der Waals surface area (Å²) in [6.07, 6.45) is 3.65. The Kier molecular flexibility index (Phi) is 5.33. The number of hydrogen-bond acceptors (Lipinski definition) is 5. The smallest absolute Gasteiger partial charge is 0.253 e. The number of amides is 1. The number of nitrogens with one attached hydrogen (secondary N) is 1. The molecule has 1 aliphatic carbocycles. The number of hydrogen-bond donors (Lipinski definition) is 2. The van der Waals surface area contributed by atoms with E-state index in [-0.39, 0.29) is 24.4 Å². The zero-order valence-corrected chi connectivity index (χ0v) is 13.2. The molecule has 1 amide bonds. The summed E-state index contributed by atoms with van der Waals surface area (Å²) in [5.41, 5.74) is 6.73. The molecule has 1 saturated carbocycles. The molecule has 1 fully saturated rings. The highest BCUT2D eigenvalue weighted by Crippen LogP contribution is 2.32. The predicted octanol–water partition coefficient (Wildman–Crippen LogP) is 1.20. The first-order valence-electron chi connectivity index (χ1n) is 6.73. The molecule has 118 valence electrons. The zero-order valence-electron chi connectivity index (χ0n) is 11.6. The summed E-state index contributed by atoms with van der Waals surface area (Å²) in [6.45, 7) is 0.428. The Labute approximate surface area is 138 Å². The van der Waals surface area contributed by atoms with Crippen LogP contribution in [0.2, 0.25) is 5.02 Å². The van der Waals surface area contributed by atoms with Crippen LogP contribution < -0.4 is 11.1 Å². The number of tetrazole rings is 1. The molecule has 22 heavy (non-hydrogen) atoms. The fraction of sp³-hybridized carbons (Fsp3) is 0.385. The van der Waals surface area contributed by atoms with Crippen molar-refractivity contribution in [2.75, 3.05) is 6.54 Å². The average Bonchev–Trinajstić information content (AvgIpc) is 3.19. The van der Waals surface area contributed by atoms with Gasteiger partial charge in [-0.2, -0.15) is 4.68 Å². The molecule has 1 aromatic carbocycles. The zero-order chi connectivity index (χ0) is 14.8. The lowest BCUT2D eigenvalue weighted by Gasteiger charge is -2.17. The average molecular weight is 343 g/mol. The third-order valence-electron chi connectivity index (χ3n) is 3.56. The Hall–Kier alpha value is -1.70. The summed E-state index contributed by atoms with van der Waals surface area (Å²) >= 11 is 6.00. The van der Waals surface area contributed by atoms with Gasteiger partial charge in [-0.05, 0) is 47.4 Å². The van der Waals surface area contributed by atoms with Gasteiger partial charge in [-0.3, -0.25) is 4.79 Å². The van der Waals surface area contributed by atoms with E-state index >= 15 is 0 Å². The first-order chi connectivity index (χ1) is 10.2. The van der Waals surface area contributed by atoms with Gasteiger partial charge in [-0.25, -0.2) is 0 Å². The molecule has 0 bridgehead atoms. The van der Waals surface area contributed by atoms with Gasteiger partial charge < -0.3 is 11.1 Å². The van der Waals surface area contributed by atoms with E-state index in [0.29, 0.717) is 28.7 Å². The van der Waals surface area contributed by atoms with Gasteiger partial charge in [0.1, 0.15) is 6.33 Å². The van der Waals surface area contributed by atoms with Crippen LogP contribution in [0, 0.1) is 5.92 Å². The van der Waals surface area contributed by atoms with Gasteiger partial charge in [0.25, 0.3) is 5.91 Å². The van der Waals surface area contributed by atoms with E-state index in [1.807, 2.05) is 0 Å². The third kappa shape index (κ3) is 3.55. The number of aromatic nitrogens is 4. The second-order valence-electron chi connectivity index (χ2n) is 5.07. The Morgan fingerprint density at radius 3 is 2.86 bits per heavy atom. The van der Waals surface area contributed by atoms with Crippen molar-refractivity contribution in [1.82, 2.24) is 25.5 Å². The van der Waals surface area contributed by atoms with Crippen LogP contribution in [0.25, 0.3) is 5.69 Å². The topological polar surface area (TPSA) is 98.7 Å². The predicted molar refractivity (Wildman–Crippen MR) is 84.4 cm³/mol. The van der Waals surface area contributed by atoms with Crippen molar-refractivity contribution in [3.63, 3.8) is 0 Å². The van der Waals surface area contributed by atoms with Crippen LogP contribution in [-0.4, -0.2) is 38.7 Å². The van der Waals surface area contributed by atoms with Gasteiger partial charge in [0.2, 0.25) is 0 Å². The molecule has 0 spiro atoms. The molecule has 0 radical (unpaired) electrons. The monoisotopic (exact) mass is 342 g/mol. The molecule has 2 aromatic rings. The van der Waals surface area contributed by atoms with Crippen LogP contribution in [0.4, 0.5) is 0 Å². The number of carbonyl (C=O) groups is 1. The minimum atomic E-state index is -0.217. The molecular formula is C13H16Cl2N6O.